The fourth-order valence-corrected chi connectivity index (χ4v) is 6.06. The molecule has 1 fully saturated rings. The van der Waals surface area contributed by atoms with Crippen molar-refractivity contribution in [3.63, 3.8) is 0 Å². The molecule has 0 spiro atoms. The topological polar surface area (TPSA) is 84.1 Å². The number of hydrogen-bond acceptors (Lipinski definition) is 6. The van der Waals surface area contributed by atoms with E-state index < -0.39 is 0 Å². The number of pyridine rings is 1. The largest absolute Gasteiger partial charge is 0.469 e. The molecular weight excluding hydrogens is 490 g/mol. The van der Waals surface area contributed by atoms with Crippen LogP contribution in [0.4, 0.5) is 0 Å². The number of methoxy groups -OCH3 is 1. The maximum absolute atomic E-state index is 11.8. The highest BCUT2D eigenvalue weighted by molar-refractivity contribution is 6.07. The summed E-state index contributed by atoms with van der Waals surface area (Å²) < 4.78 is 14.9. The Morgan fingerprint density at radius 3 is 2.62 bits per heavy atom. The lowest BCUT2D eigenvalue weighted by atomic mass is 9.86. The number of hydrogen-bond donors (Lipinski definition) is 0. The van der Waals surface area contributed by atoms with Crippen molar-refractivity contribution in [1.82, 2.24) is 24.5 Å². The molecule has 0 bridgehead atoms. The third-order valence-corrected chi connectivity index (χ3v) is 7.95. The highest BCUT2D eigenvalue weighted by Crippen LogP contribution is 2.41. The molecule has 1 saturated heterocycles. The van der Waals surface area contributed by atoms with E-state index in [4.69, 9.17) is 14.5 Å². The molecule has 1 atom stereocenters. The standard InChI is InChI=1S/C31H33N5O3/c1-20-30(35(2)34-33-20)24-18-27-29(32-19-24)25-17-21(10-12-28(37)38-3)9-11-26(25)36(27)31(22-7-5-4-6-8-22)23-13-15-39-16-14-23/h4-9,11,17-19,23,31H,10,12-16H2,1-3H3. The minimum atomic E-state index is -0.205. The first-order valence-corrected chi connectivity index (χ1v) is 13.5. The molecule has 1 unspecified atom stereocenters. The zero-order valence-corrected chi connectivity index (χ0v) is 22.6. The Morgan fingerprint density at radius 1 is 1.10 bits per heavy atom. The van der Waals surface area contributed by atoms with E-state index in [0.717, 1.165) is 70.5 Å². The molecule has 8 heteroatoms. The number of rotatable bonds is 7. The summed E-state index contributed by atoms with van der Waals surface area (Å²) in [6.45, 7) is 3.52. The Balaban J connectivity index is 1.60. The van der Waals surface area contributed by atoms with Crippen LogP contribution >= 0.6 is 0 Å². The number of fused-ring (bicyclic) bond motifs is 3. The fraction of sp³-hybridized carbons (Fsp3) is 0.355. The second kappa shape index (κ2) is 10.6. The Labute approximate surface area is 227 Å². The van der Waals surface area contributed by atoms with Gasteiger partial charge < -0.3 is 14.0 Å². The summed E-state index contributed by atoms with van der Waals surface area (Å²) in [6.07, 6.45) is 4.88. The molecule has 6 rings (SSSR count). The maximum atomic E-state index is 11.8. The molecule has 8 nitrogen and oxygen atoms in total. The van der Waals surface area contributed by atoms with E-state index in [-0.39, 0.29) is 12.0 Å². The highest BCUT2D eigenvalue weighted by atomic mass is 16.5. The summed E-state index contributed by atoms with van der Waals surface area (Å²) >= 11 is 0. The molecule has 1 aliphatic rings. The van der Waals surface area contributed by atoms with Gasteiger partial charge in [0.05, 0.1) is 41.1 Å². The molecule has 39 heavy (non-hydrogen) atoms. The van der Waals surface area contributed by atoms with Crippen LogP contribution in [0.15, 0.2) is 60.8 Å². The van der Waals surface area contributed by atoms with Crippen LogP contribution in [0, 0.1) is 12.8 Å². The first-order chi connectivity index (χ1) is 19.0. The zero-order valence-electron chi connectivity index (χ0n) is 22.6. The lowest BCUT2D eigenvalue weighted by molar-refractivity contribution is -0.140. The molecule has 200 valence electrons. The number of benzene rings is 2. The zero-order chi connectivity index (χ0) is 26.9. The van der Waals surface area contributed by atoms with Gasteiger partial charge in [-0.3, -0.25) is 9.78 Å². The molecule has 5 aromatic rings. The van der Waals surface area contributed by atoms with Gasteiger partial charge in [-0.15, -0.1) is 5.10 Å². The van der Waals surface area contributed by atoms with Gasteiger partial charge in [-0.05, 0) is 61.4 Å². The van der Waals surface area contributed by atoms with E-state index in [1.807, 2.05) is 24.9 Å². The Bertz CT molecular complexity index is 1610. The number of nitrogens with zero attached hydrogens (tertiary/aromatic N) is 5. The van der Waals surface area contributed by atoms with E-state index in [1.165, 1.54) is 12.7 Å². The van der Waals surface area contributed by atoms with Crippen molar-refractivity contribution >= 4 is 27.9 Å². The number of ether oxygens (including phenoxy) is 2. The summed E-state index contributed by atoms with van der Waals surface area (Å²) in [5.74, 6) is 0.215. The summed E-state index contributed by atoms with van der Waals surface area (Å²) in [7, 11) is 3.34. The Kier molecular flexibility index (Phi) is 6.87. The first-order valence-electron chi connectivity index (χ1n) is 13.5. The summed E-state index contributed by atoms with van der Waals surface area (Å²) in [6, 6.07) is 19.6. The van der Waals surface area contributed by atoms with E-state index in [1.54, 1.807) is 0 Å². The van der Waals surface area contributed by atoms with Crippen molar-refractivity contribution in [1.29, 1.82) is 0 Å². The molecule has 0 N–H and O–H groups in total. The first kappa shape index (κ1) is 25.2. The smallest absolute Gasteiger partial charge is 0.305 e. The number of carbonyl (C=O) groups excluding carboxylic acids is 1. The lowest BCUT2D eigenvalue weighted by Crippen LogP contribution is -2.26. The average molecular weight is 524 g/mol. The van der Waals surface area contributed by atoms with Crippen LogP contribution < -0.4 is 0 Å². The fourth-order valence-electron chi connectivity index (χ4n) is 6.06. The van der Waals surface area contributed by atoms with Gasteiger partial charge in [0.25, 0.3) is 0 Å². The van der Waals surface area contributed by atoms with Gasteiger partial charge in [0.15, 0.2) is 0 Å². The van der Waals surface area contributed by atoms with Gasteiger partial charge in [0, 0.05) is 43.8 Å². The molecule has 0 saturated carbocycles. The highest BCUT2D eigenvalue weighted by Gasteiger charge is 2.30. The van der Waals surface area contributed by atoms with Crippen molar-refractivity contribution in [2.24, 2.45) is 13.0 Å². The monoisotopic (exact) mass is 523 g/mol. The van der Waals surface area contributed by atoms with Gasteiger partial charge in [-0.25, -0.2) is 4.68 Å². The summed E-state index contributed by atoms with van der Waals surface area (Å²) in [5.41, 5.74) is 8.35. The second-order valence-electron chi connectivity index (χ2n) is 10.3. The van der Waals surface area contributed by atoms with Crippen LogP contribution in [0.1, 0.15) is 42.1 Å². The minimum absolute atomic E-state index is 0.124. The second-order valence-corrected chi connectivity index (χ2v) is 10.3. The van der Waals surface area contributed by atoms with E-state index in [2.05, 4.69) is 69.5 Å². The van der Waals surface area contributed by atoms with Gasteiger partial charge in [0.1, 0.15) is 0 Å². The number of aryl methyl sites for hydroxylation is 3. The SMILES string of the molecule is COC(=O)CCc1ccc2c(c1)c1ncc(-c3c(C)nnn3C)cc1n2C(c1ccccc1)C1CCOCC1. The van der Waals surface area contributed by atoms with Crippen LogP contribution in [-0.4, -0.2) is 50.8 Å². The third kappa shape index (κ3) is 4.69. The van der Waals surface area contributed by atoms with Crippen molar-refractivity contribution in [3.05, 3.63) is 77.6 Å². The molecule has 0 radical (unpaired) electrons. The number of carbonyl (C=O) groups is 1. The Hall–Kier alpha value is -4.04. The molecule has 1 aliphatic heterocycles. The van der Waals surface area contributed by atoms with Crippen molar-refractivity contribution in [2.45, 2.75) is 38.6 Å². The summed E-state index contributed by atoms with van der Waals surface area (Å²) in [5, 5.41) is 9.59. The lowest BCUT2D eigenvalue weighted by Gasteiger charge is -2.33. The predicted molar refractivity (Wildman–Crippen MR) is 150 cm³/mol. The molecule has 4 heterocycles. The van der Waals surface area contributed by atoms with Crippen LogP contribution in [0.3, 0.4) is 0 Å². The van der Waals surface area contributed by atoms with Crippen LogP contribution in [-0.2, 0) is 27.7 Å². The normalized spacial score (nSPS) is 15.2. The van der Waals surface area contributed by atoms with Gasteiger partial charge >= 0.3 is 5.97 Å². The molecule has 0 aliphatic carbocycles. The summed E-state index contributed by atoms with van der Waals surface area (Å²) in [4.78, 5) is 16.9. The average Bonchev–Trinajstić information content (AvgIpc) is 3.48. The predicted octanol–water partition coefficient (Wildman–Crippen LogP) is 5.42. The van der Waals surface area contributed by atoms with Gasteiger partial charge in [-0.1, -0.05) is 41.6 Å². The van der Waals surface area contributed by atoms with E-state index >= 15 is 0 Å². The van der Waals surface area contributed by atoms with Crippen molar-refractivity contribution in [2.75, 3.05) is 20.3 Å². The molecular formula is C31H33N5O3. The number of esters is 1. The molecule has 2 aromatic carbocycles. The minimum Gasteiger partial charge on any atom is -0.469 e. The third-order valence-electron chi connectivity index (χ3n) is 7.95. The van der Waals surface area contributed by atoms with Gasteiger partial charge in [0.2, 0.25) is 0 Å². The quantitative estimate of drug-likeness (QED) is 0.265. The van der Waals surface area contributed by atoms with Crippen LogP contribution in [0.5, 0.6) is 0 Å². The van der Waals surface area contributed by atoms with E-state index in [0.29, 0.717) is 18.8 Å². The maximum Gasteiger partial charge on any atom is 0.305 e. The molecule has 3 aromatic heterocycles. The Morgan fingerprint density at radius 2 is 1.90 bits per heavy atom. The van der Waals surface area contributed by atoms with E-state index in [9.17, 15) is 4.79 Å². The van der Waals surface area contributed by atoms with Crippen molar-refractivity contribution < 1.29 is 14.3 Å². The van der Waals surface area contributed by atoms with Gasteiger partial charge in [-0.2, -0.15) is 0 Å². The van der Waals surface area contributed by atoms with Crippen LogP contribution in [0.25, 0.3) is 33.2 Å². The molecule has 0 amide bonds. The number of aromatic nitrogens is 5. The van der Waals surface area contributed by atoms with Crippen molar-refractivity contribution in [3.8, 4) is 11.3 Å². The van der Waals surface area contributed by atoms with Crippen LogP contribution in [0.2, 0.25) is 0 Å².